The zero-order valence-corrected chi connectivity index (χ0v) is 24.2. The summed E-state index contributed by atoms with van der Waals surface area (Å²) in [4.78, 5) is 33.3. The molecule has 5 rings (SSSR count). The number of amides is 2. The Morgan fingerprint density at radius 1 is 1.07 bits per heavy atom. The molecule has 0 saturated carbocycles. The Kier molecular flexibility index (Phi) is 6.85. The summed E-state index contributed by atoms with van der Waals surface area (Å²) < 4.78 is 12.5. The molecular weight excluding hydrogens is 508 g/mol. The Morgan fingerprint density at radius 3 is 2.42 bits per heavy atom. The zero-order chi connectivity index (χ0) is 29.0. The van der Waals surface area contributed by atoms with Gasteiger partial charge in [0.15, 0.2) is 5.96 Å². The second-order valence-corrected chi connectivity index (χ2v) is 12.3. The fraction of sp³-hybridized carbons (Fsp3) is 0.516. The van der Waals surface area contributed by atoms with Crippen LogP contribution in [0.4, 0.5) is 0 Å². The zero-order valence-electron chi connectivity index (χ0n) is 24.2. The summed E-state index contributed by atoms with van der Waals surface area (Å²) in [6.07, 6.45) is 1.30. The fourth-order valence-electron chi connectivity index (χ4n) is 6.14. The van der Waals surface area contributed by atoms with E-state index in [1.54, 1.807) is 36.9 Å². The molecule has 214 valence electrons. The molecule has 3 aliphatic rings. The molecule has 0 unspecified atom stereocenters. The van der Waals surface area contributed by atoms with E-state index in [1.165, 1.54) is 0 Å². The number of carbonyl (C=O) groups excluding carboxylic acids is 2. The van der Waals surface area contributed by atoms with Crippen LogP contribution in [0.15, 0.2) is 47.5 Å². The minimum atomic E-state index is -0.972. The Balaban J connectivity index is 1.52. The fourth-order valence-corrected chi connectivity index (χ4v) is 6.14. The lowest BCUT2D eigenvalue weighted by Crippen LogP contribution is -2.54. The van der Waals surface area contributed by atoms with Gasteiger partial charge in [-0.1, -0.05) is 32.0 Å². The Hall–Kier alpha value is -3.59. The highest BCUT2D eigenvalue weighted by molar-refractivity contribution is 6.00. The van der Waals surface area contributed by atoms with Crippen molar-refractivity contribution in [2.45, 2.75) is 102 Å². The van der Waals surface area contributed by atoms with Crippen LogP contribution in [0.25, 0.3) is 0 Å². The topological polar surface area (TPSA) is 126 Å². The van der Waals surface area contributed by atoms with Gasteiger partial charge in [-0.15, -0.1) is 0 Å². The van der Waals surface area contributed by atoms with Gasteiger partial charge in [-0.2, -0.15) is 0 Å². The second-order valence-electron chi connectivity index (χ2n) is 12.3. The van der Waals surface area contributed by atoms with Gasteiger partial charge in [-0.3, -0.25) is 14.5 Å². The molecule has 3 atom stereocenters. The lowest BCUT2D eigenvalue weighted by atomic mass is 9.81. The lowest BCUT2D eigenvalue weighted by molar-refractivity contribution is -0.132. The number of fused-ring (bicyclic) bond motifs is 2. The summed E-state index contributed by atoms with van der Waals surface area (Å²) in [6.45, 7) is 11.5. The number of aliphatic hydroxyl groups is 1. The van der Waals surface area contributed by atoms with Crippen molar-refractivity contribution in [1.29, 1.82) is 0 Å². The SMILES string of the molecule is CCC1(CC)C[C@@H](N2C(=O)CC(C)(C)N=C2N)c2cc(C(=O)N[C@@H]3c4ccccc4OC(C)(C)[C@H]3O)ccc2O1. The molecule has 4 N–H and O–H groups in total. The first kappa shape index (κ1) is 28.0. The van der Waals surface area contributed by atoms with Crippen molar-refractivity contribution in [3.05, 3.63) is 59.2 Å². The minimum absolute atomic E-state index is 0.101. The van der Waals surface area contributed by atoms with E-state index in [0.29, 0.717) is 34.6 Å². The van der Waals surface area contributed by atoms with Crippen LogP contribution in [0.3, 0.4) is 0 Å². The normalized spacial score (nSPS) is 26.0. The van der Waals surface area contributed by atoms with E-state index >= 15 is 0 Å². The molecule has 40 heavy (non-hydrogen) atoms. The monoisotopic (exact) mass is 548 g/mol. The van der Waals surface area contributed by atoms with Crippen LogP contribution in [0.2, 0.25) is 0 Å². The first-order valence-electron chi connectivity index (χ1n) is 14.1. The van der Waals surface area contributed by atoms with Gasteiger partial charge in [0.25, 0.3) is 5.91 Å². The Bertz CT molecular complexity index is 1360. The van der Waals surface area contributed by atoms with Gasteiger partial charge in [0, 0.05) is 23.1 Å². The molecule has 0 aliphatic carbocycles. The quantitative estimate of drug-likeness (QED) is 0.509. The van der Waals surface area contributed by atoms with Crippen LogP contribution in [-0.4, -0.2) is 50.6 Å². The summed E-state index contributed by atoms with van der Waals surface area (Å²) >= 11 is 0. The minimum Gasteiger partial charge on any atom is -0.487 e. The van der Waals surface area contributed by atoms with Gasteiger partial charge in [-0.25, -0.2) is 4.99 Å². The molecule has 2 aromatic carbocycles. The van der Waals surface area contributed by atoms with Crippen molar-refractivity contribution >= 4 is 17.8 Å². The number of hydrogen-bond acceptors (Lipinski definition) is 7. The van der Waals surface area contributed by atoms with Crippen molar-refractivity contribution in [3.63, 3.8) is 0 Å². The molecule has 0 saturated heterocycles. The van der Waals surface area contributed by atoms with E-state index in [0.717, 1.165) is 12.8 Å². The Morgan fingerprint density at radius 2 is 1.75 bits per heavy atom. The number of ether oxygens (including phenoxy) is 2. The number of hydrogen-bond donors (Lipinski definition) is 3. The molecule has 9 nitrogen and oxygen atoms in total. The van der Waals surface area contributed by atoms with Crippen molar-refractivity contribution in [1.82, 2.24) is 10.2 Å². The first-order chi connectivity index (χ1) is 18.8. The number of nitrogens with two attached hydrogens (primary N) is 1. The predicted octanol–water partition coefficient (Wildman–Crippen LogP) is 4.40. The standard InChI is InChI=1S/C31H40N4O5/c1-7-31(8-2)16-21(35-24(36)17-29(3,4)34-28(35)32)20-15-18(13-14-23(20)40-31)27(38)33-25-19-11-9-10-12-22(19)39-30(5,6)26(25)37/h9-15,21,25-26,37H,7-8,16-17H2,1-6H3,(H2,32,34)(H,33,38)/t21-,25-,26+/m1/s1. The number of guanidine groups is 1. The van der Waals surface area contributed by atoms with Gasteiger partial charge in [0.1, 0.15) is 28.8 Å². The Labute approximate surface area is 235 Å². The number of aliphatic hydroxyl groups excluding tert-OH is 1. The third-order valence-corrected chi connectivity index (χ3v) is 8.58. The molecule has 0 fully saturated rings. The smallest absolute Gasteiger partial charge is 0.251 e. The van der Waals surface area contributed by atoms with E-state index in [1.807, 2.05) is 38.1 Å². The van der Waals surface area contributed by atoms with Crippen LogP contribution < -0.4 is 20.5 Å². The van der Waals surface area contributed by atoms with Crippen LogP contribution in [0.1, 0.15) is 101 Å². The molecule has 0 bridgehead atoms. The van der Waals surface area contributed by atoms with E-state index in [-0.39, 0.29) is 24.2 Å². The number of aliphatic imine (C=N–C) groups is 1. The molecule has 0 radical (unpaired) electrons. The third-order valence-electron chi connectivity index (χ3n) is 8.58. The highest BCUT2D eigenvalue weighted by Gasteiger charge is 2.46. The molecular formula is C31H40N4O5. The van der Waals surface area contributed by atoms with Crippen LogP contribution in [0.5, 0.6) is 11.5 Å². The molecule has 2 amide bonds. The molecule has 2 aromatic rings. The van der Waals surface area contributed by atoms with E-state index in [4.69, 9.17) is 15.2 Å². The maximum atomic E-state index is 13.7. The summed E-state index contributed by atoms with van der Waals surface area (Å²) in [5.74, 6) is 0.974. The highest BCUT2D eigenvalue weighted by atomic mass is 16.5. The van der Waals surface area contributed by atoms with Crippen molar-refractivity contribution in [2.24, 2.45) is 10.7 Å². The molecule has 0 aromatic heterocycles. The maximum absolute atomic E-state index is 13.7. The van der Waals surface area contributed by atoms with Crippen molar-refractivity contribution < 1.29 is 24.2 Å². The van der Waals surface area contributed by atoms with Gasteiger partial charge in [-0.05, 0) is 64.8 Å². The average Bonchev–Trinajstić information content (AvgIpc) is 2.89. The predicted molar refractivity (Wildman–Crippen MR) is 152 cm³/mol. The van der Waals surface area contributed by atoms with Crippen molar-refractivity contribution in [3.8, 4) is 11.5 Å². The first-order valence-corrected chi connectivity index (χ1v) is 14.1. The van der Waals surface area contributed by atoms with Gasteiger partial charge in [0.05, 0.1) is 24.0 Å². The summed E-state index contributed by atoms with van der Waals surface area (Å²) in [5, 5.41) is 14.2. The number of para-hydroxylation sites is 1. The number of rotatable bonds is 5. The molecule has 3 heterocycles. The molecule has 0 spiro atoms. The number of carbonyl (C=O) groups is 2. The highest BCUT2D eigenvalue weighted by Crippen LogP contribution is 2.47. The van der Waals surface area contributed by atoms with Gasteiger partial charge in [0.2, 0.25) is 5.91 Å². The molecule has 3 aliphatic heterocycles. The van der Waals surface area contributed by atoms with Crippen LogP contribution in [0, 0.1) is 0 Å². The number of benzene rings is 2. The number of nitrogens with zero attached hydrogens (tertiary/aromatic N) is 2. The summed E-state index contributed by atoms with van der Waals surface area (Å²) in [7, 11) is 0. The van der Waals surface area contributed by atoms with Crippen LogP contribution >= 0.6 is 0 Å². The van der Waals surface area contributed by atoms with Crippen LogP contribution in [-0.2, 0) is 4.79 Å². The third kappa shape index (κ3) is 4.80. The number of nitrogens with one attached hydrogen (secondary N) is 1. The van der Waals surface area contributed by atoms with E-state index in [9.17, 15) is 14.7 Å². The summed E-state index contributed by atoms with van der Waals surface area (Å²) in [5.41, 5.74) is 6.27. The van der Waals surface area contributed by atoms with E-state index < -0.39 is 34.9 Å². The average molecular weight is 549 g/mol. The van der Waals surface area contributed by atoms with Gasteiger partial charge < -0.3 is 25.6 Å². The van der Waals surface area contributed by atoms with Gasteiger partial charge >= 0.3 is 0 Å². The molecule has 9 heteroatoms. The maximum Gasteiger partial charge on any atom is 0.251 e. The largest absolute Gasteiger partial charge is 0.487 e. The van der Waals surface area contributed by atoms with E-state index in [2.05, 4.69) is 24.2 Å². The second kappa shape index (κ2) is 9.80. The lowest BCUT2D eigenvalue weighted by Gasteiger charge is -2.46. The van der Waals surface area contributed by atoms with Crippen molar-refractivity contribution in [2.75, 3.05) is 0 Å². The summed E-state index contributed by atoms with van der Waals surface area (Å²) in [6, 6.07) is 11.6.